The molecular weight excluding hydrogens is 1320 g/mol. The molecule has 0 atom stereocenters. The summed E-state index contributed by atoms with van der Waals surface area (Å²) in [6, 6.07) is 36.2. The van der Waals surface area contributed by atoms with Crippen LogP contribution in [-0.4, -0.2) is 73.3 Å². The summed E-state index contributed by atoms with van der Waals surface area (Å²) < 4.78 is 20.9. The van der Waals surface area contributed by atoms with Gasteiger partial charge in [-0.1, -0.05) is 214 Å². The van der Waals surface area contributed by atoms with Gasteiger partial charge >= 0.3 is 0 Å². The lowest BCUT2D eigenvalue weighted by atomic mass is 9.90. The minimum atomic E-state index is -0.0149. The zero-order valence-electron chi connectivity index (χ0n) is 64.8. The predicted molar refractivity (Wildman–Crippen MR) is 430 cm³/mol. The molecule has 11 heterocycles. The Balaban J connectivity index is 0.000000163. The van der Waals surface area contributed by atoms with Gasteiger partial charge in [0, 0.05) is 95.9 Å². The first-order valence-electron chi connectivity index (χ1n) is 34.4. The molecule has 0 aliphatic heterocycles. The summed E-state index contributed by atoms with van der Waals surface area (Å²) >= 11 is 5.05. The molecule has 0 aliphatic rings. The average molecular weight is 1440 g/mol. The zero-order chi connectivity index (χ0) is 74.4. The van der Waals surface area contributed by atoms with Crippen molar-refractivity contribution in [2.45, 2.75) is 238 Å². The maximum atomic E-state index is 5.62. The number of thiazole rings is 2. The van der Waals surface area contributed by atoms with E-state index in [1.54, 1.807) is 39.5 Å². The third-order valence-corrected chi connectivity index (χ3v) is 18.1. The Morgan fingerprint density at radius 2 is 0.931 bits per heavy atom. The second-order valence-electron chi connectivity index (χ2n) is 33.6. The molecule has 4 aromatic carbocycles. The summed E-state index contributed by atoms with van der Waals surface area (Å²) in [5.41, 5.74) is 15.1. The molecule has 0 aliphatic carbocycles. The van der Waals surface area contributed by atoms with E-state index in [0.717, 1.165) is 76.5 Å². The van der Waals surface area contributed by atoms with E-state index in [1.807, 2.05) is 117 Å². The van der Waals surface area contributed by atoms with Gasteiger partial charge in [0.25, 0.3) is 0 Å². The number of imidazole rings is 3. The summed E-state index contributed by atoms with van der Waals surface area (Å²) in [5, 5.41) is 23.3. The van der Waals surface area contributed by atoms with E-state index < -0.39 is 0 Å². The SMILES string of the molecule is C.CC(C)(C)c1cn2ncsc2n1.CC(C)(C)c1nc2ccccc2o1.CC(C)(C)c1noc2ccccc12.CC(C)(C)n1cc2ccccc2n1.CC(C)(C)n1nnc2ccccc21.Cc1ccc(C(C)(C)C)nc1.Cc1cn2cc(C(C)(C)C)nc2s1.Cc1cn2cc(C(C)(C)C)nc2s1. The number of rotatable bonds is 0. The summed E-state index contributed by atoms with van der Waals surface area (Å²) in [5.74, 6) is 0.800. The van der Waals surface area contributed by atoms with Gasteiger partial charge in [0.1, 0.15) is 16.5 Å². The molecule has 0 fully saturated rings. The minimum absolute atomic E-state index is 0. The third kappa shape index (κ3) is 21.7. The lowest BCUT2D eigenvalue weighted by Crippen LogP contribution is -2.22. The molecule has 15 aromatic rings. The van der Waals surface area contributed by atoms with Crippen LogP contribution in [0.1, 0.15) is 223 Å². The Morgan fingerprint density at radius 3 is 1.41 bits per heavy atom. The van der Waals surface area contributed by atoms with E-state index >= 15 is 0 Å². The molecule has 20 heteroatoms. The fraction of sp³-hybridized carbons (Fsp3) is 0.439. The molecule has 544 valence electrons. The van der Waals surface area contributed by atoms with E-state index in [4.69, 9.17) is 8.94 Å². The highest BCUT2D eigenvalue weighted by molar-refractivity contribution is 7.17. The van der Waals surface area contributed by atoms with Crippen LogP contribution in [0.15, 0.2) is 167 Å². The van der Waals surface area contributed by atoms with Crippen molar-refractivity contribution >= 4 is 92.9 Å². The topological polar surface area (TPSA) is 178 Å². The first-order chi connectivity index (χ1) is 46.8. The van der Waals surface area contributed by atoms with Crippen LogP contribution in [-0.2, 0) is 43.6 Å². The number of oxazole rings is 1. The predicted octanol–water partition coefficient (Wildman–Crippen LogP) is 22.6. The smallest absolute Gasteiger partial charge is 0.212 e. The van der Waals surface area contributed by atoms with Gasteiger partial charge in [-0.2, -0.15) is 10.2 Å². The van der Waals surface area contributed by atoms with Gasteiger partial charge in [0.2, 0.25) is 10.9 Å². The molecule has 0 unspecified atom stereocenters. The van der Waals surface area contributed by atoms with Gasteiger partial charge in [0.15, 0.2) is 21.1 Å². The minimum Gasteiger partial charge on any atom is -0.440 e. The van der Waals surface area contributed by atoms with Crippen molar-refractivity contribution in [2.24, 2.45) is 0 Å². The quantitative estimate of drug-likeness (QED) is 0.140. The molecule has 0 bridgehead atoms. The molecule has 0 amide bonds. The summed E-state index contributed by atoms with van der Waals surface area (Å²) in [7, 11) is 0. The molecule has 17 nitrogen and oxygen atoms in total. The van der Waals surface area contributed by atoms with Crippen molar-refractivity contribution in [2.75, 3.05) is 0 Å². The molecule has 11 aromatic heterocycles. The summed E-state index contributed by atoms with van der Waals surface area (Å²) in [6.45, 7) is 57.9. The first kappa shape index (κ1) is 80.6. The highest BCUT2D eigenvalue weighted by Crippen LogP contribution is 2.31. The summed E-state index contributed by atoms with van der Waals surface area (Å²) in [6.07, 6.45) is 14.5. The molecule has 0 saturated carbocycles. The van der Waals surface area contributed by atoms with Crippen molar-refractivity contribution in [1.29, 1.82) is 0 Å². The number of pyridine rings is 1. The van der Waals surface area contributed by atoms with Crippen molar-refractivity contribution in [3.63, 3.8) is 0 Å². The van der Waals surface area contributed by atoms with Crippen LogP contribution in [0.5, 0.6) is 0 Å². The van der Waals surface area contributed by atoms with Crippen LogP contribution >= 0.6 is 34.0 Å². The molecular formula is C82H111N15O2S3. The molecule has 0 N–H and O–H groups in total. The van der Waals surface area contributed by atoms with E-state index in [9.17, 15) is 0 Å². The zero-order valence-corrected chi connectivity index (χ0v) is 67.2. The number of hydrogen-bond acceptors (Lipinski definition) is 15. The van der Waals surface area contributed by atoms with Gasteiger partial charge < -0.3 is 8.94 Å². The van der Waals surface area contributed by atoms with Gasteiger partial charge in [-0.3, -0.25) is 18.5 Å². The van der Waals surface area contributed by atoms with Crippen LogP contribution in [0.25, 0.3) is 58.9 Å². The molecule has 102 heavy (non-hydrogen) atoms. The maximum Gasteiger partial charge on any atom is 0.212 e. The van der Waals surface area contributed by atoms with Crippen molar-refractivity contribution < 1.29 is 8.94 Å². The third-order valence-electron chi connectivity index (χ3n) is 15.6. The van der Waals surface area contributed by atoms with Crippen molar-refractivity contribution in [1.82, 2.24) is 73.3 Å². The van der Waals surface area contributed by atoms with Gasteiger partial charge in [-0.25, -0.2) is 29.1 Å². The Kier molecular flexibility index (Phi) is 25.2. The highest BCUT2D eigenvalue weighted by Gasteiger charge is 2.25. The number of para-hydroxylation sites is 4. The van der Waals surface area contributed by atoms with Crippen LogP contribution in [0.2, 0.25) is 0 Å². The van der Waals surface area contributed by atoms with Gasteiger partial charge in [-0.05, 0) is 116 Å². The van der Waals surface area contributed by atoms with E-state index in [-0.39, 0.29) is 51.0 Å². The lowest BCUT2D eigenvalue weighted by molar-refractivity contribution is 0.358. The van der Waals surface area contributed by atoms with Crippen molar-refractivity contribution in [3.05, 3.63) is 208 Å². The fourth-order valence-corrected chi connectivity index (χ4v) is 12.0. The van der Waals surface area contributed by atoms with E-state index in [2.05, 4.69) is 296 Å². The standard InChI is InChI=1S/C11H14N2.2C11H13NO.C10H13N3.2C10H14N2S.C10H15N.C8H11N3S.CH4/c1-11(2,3)13-8-9-6-4-5-7-10(9)12-13;1-11(2,3)10-12-8-6-4-5-7-9(8)13-10;1-11(2,3)10-8-6-4-5-7-9(8)13-12-10;1-10(2,3)13-9-7-5-4-6-8(9)11-12-13;2*1-7-5-12-6-8(10(2,3)4)11-9(12)13-7;1-8-5-6-9(11-7-8)10(2,3)4;1-8(2,3)6-4-11-7(10-6)12-5-9-11;/h4-8H,1-3H3;3*4-7H,1-3H3;2*5-6H,1-4H3;5-7H,1-4H3;4-5H,1-3H3;1H4. The number of nitrogens with zero attached hydrogens (tertiary/aromatic N) is 15. The average Bonchev–Trinajstić information content (AvgIpc) is 1.70. The van der Waals surface area contributed by atoms with Crippen LogP contribution in [0.4, 0.5) is 0 Å². The maximum absolute atomic E-state index is 5.62. The highest BCUT2D eigenvalue weighted by atomic mass is 32.1. The number of hydrogen-bond donors (Lipinski definition) is 0. The Labute approximate surface area is 616 Å². The number of aromatic nitrogens is 15. The number of aryl methyl sites for hydroxylation is 3. The Hall–Kier alpha value is -8.72. The fourth-order valence-electron chi connectivity index (χ4n) is 9.75. The second-order valence-corrected chi connectivity index (χ2v) is 36.8. The van der Waals surface area contributed by atoms with Gasteiger partial charge in [-0.15, -0.1) is 27.8 Å². The van der Waals surface area contributed by atoms with Gasteiger partial charge in [0.05, 0.1) is 51.1 Å². The monoisotopic (exact) mass is 1430 g/mol. The van der Waals surface area contributed by atoms with Crippen LogP contribution in [0.3, 0.4) is 0 Å². The van der Waals surface area contributed by atoms with E-state index in [0.29, 0.717) is 0 Å². The van der Waals surface area contributed by atoms with Crippen LogP contribution < -0.4 is 0 Å². The second kappa shape index (κ2) is 31.9. The van der Waals surface area contributed by atoms with E-state index in [1.165, 1.54) is 32.1 Å². The summed E-state index contributed by atoms with van der Waals surface area (Å²) in [4.78, 5) is 28.2. The molecule has 0 saturated heterocycles. The largest absolute Gasteiger partial charge is 0.440 e. The normalized spacial score (nSPS) is 12.2. The lowest BCUT2D eigenvalue weighted by Gasteiger charge is -2.18. The van der Waals surface area contributed by atoms with Crippen LogP contribution in [0, 0.1) is 20.8 Å². The molecule has 15 rings (SSSR count). The molecule has 0 spiro atoms. The van der Waals surface area contributed by atoms with Crippen molar-refractivity contribution in [3.8, 4) is 0 Å². The Morgan fingerprint density at radius 1 is 0.431 bits per heavy atom. The molecule has 0 radical (unpaired) electrons. The number of benzene rings is 4. The first-order valence-corrected chi connectivity index (χ1v) is 36.9. The Bertz CT molecular complexity index is 4670. The number of fused-ring (bicyclic) bond motifs is 7.